The summed E-state index contributed by atoms with van der Waals surface area (Å²) in [5, 5.41) is 0. The zero-order chi connectivity index (χ0) is 12.0. The molecule has 1 fully saturated rings. The molecule has 0 N–H and O–H groups in total. The van der Waals surface area contributed by atoms with Crippen LogP contribution in [-0.2, 0) is 9.53 Å². The molecule has 1 saturated carbocycles. The van der Waals surface area contributed by atoms with Crippen LogP contribution in [0, 0.1) is 5.92 Å². The zero-order valence-corrected chi connectivity index (χ0v) is 10.6. The number of esters is 1. The average Bonchev–Trinajstić information content (AvgIpc) is 2.27. The van der Waals surface area contributed by atoms with Crippen LogP contribution in [0.15, 0.2) is 12.2 Å². The molecule has 0 heterocycles. The van der Waals surface area contributed by atoms with Gasteiger partial charge in [-0.25, -0.2) is 4.79 Å². The topological polar surface area (TPSA) is 26.3 Å². The van der Waals surface area contributed by atoms with Crippen molar-refractivity contribution in [3.63, 3.8) is 0 Å². The first-order valence-electron chi connectivity index (χ1n) is 6.51. The molecular weight excluding hydrogens is 200 g/mol. The maximum atomic E-state index is 11.5. The highest BCUT2D eigenvalue weighted by Crippen LogP contribution is 2.31. The van der Waals surface area contributed by atoms with Crippen LogP contribution in [0.4, 0.5) is 0 Å². The lowest BCUT2D eigenvalue weighted by atomic mass is 9.83. The van der Waals surface area contributed by atoms with E-state index < -0.39 is 0 Å². The van der Waals surface area contributed by atoms with Crippen molar-refractivity contribution in [2.75, 3.05) is 0 Å². The summed E-state index contributed by atoms with van der Waals surface area (Å²) in [6, 6.07) is 0. The van der Waals surface area contributed by atoms with Gasteiger partial charge in [0.2, 0.25) is 0 Å². The largest absolute Gasteiger partial charge is 0.459 e. The Morgan fingerprint density at radius 2 is 2.06 bits per heavy atom. The van der Waals surface area contributed by atoms with Crippen molar-refractivity contribution in [1.29, 1.82) is 0 Å². The minimum absolute atomic E-state index is 0.143. The molecule has 1 aliphatic carbocycles. The van der Waals surface area contributed by atoms with E-state index in [0.29, 0.717) is 11.5 Å². The molecule has 0 saturated heterocycles. The van der Waals surface area contributed by atoms with Gasteiger partial charge in [0.15, 0.2) is 0 Å². The highest BCUT2D eigenvalue weighted by Gasteiger charge is 2.27. The average molecular weight is 224 g/mol. The summed E-state index contributed by atoms with van der Waals surface area (Å²) in [4.78, 5) is 11.5. The van der Waals surface area contributed by atoms with Gasteiger partial charge < -0.3 is 4.74 Å². The summed E-state index contributed by atoms with van der Waals surface area (Å²) in [5.74, 6) is 0.366. The zero-order valence-electron chi connectivity index (χ0n) is 10.6. The minimum atomic E-state index is -0.214. The molecule has 0 aliphatic heterocycles. The number of hydrogen-bond donors (Lipinski definition) is 0. The summed E-state index contributed by atoms with van der Waals surface area (Å²) in [6.45, 7) is 7.55. The quantitative estimate of drug-likeness (QED) is 0.523. The van der Waals surface area contributed by atoms with Gasteiger partial charge in [-0.05, 0) is 38.5 Å². The Bertz CT molecular complexity index is 245. The number of unbranched alkanes of at least 4 members (excludes halogenated alkanes) is 1. The summed E-state index contributed by atoms with van der Waals surface area (Å²) in [7, 11) is 0. The number of hydrogen-bond acceptors (Lipinski definition) is 2. The van der Waals surface area contributed by atoms with E-state index in [4.69, 9.17) is 4.74 Å². The maximum absolute atomic E-state index is 11.5. The SMILES string of the molecule is C=C(C)C(=O)OC1CCCCC1CCCC. The van der Waals surface area contributed by atoms with Gasteiger partial charge in [-0.2, -0.15) is 0 Å². The molecule has 0 radical (unpaired) electrons. The molecule has 0 bridgehead atoms. The van der Waals surface area contributed by atoms with E-state index in [1.165, 1.54) is 38.5 Å². The third-order valence-corrected chi connectivity index (χ3v) is 3.37. The fraction of sp³-hybridized carbons (Fsp3) is 0.786. The number of carbonyl (C=O) groups is 1. The van der Waals surface area contributed by atoms with Crippen molar-refractivity contribution in [2.24, 2.45) is 5.92 Å². The monoisotopic (exact) mass is 224 g/mol. The molecule has 0 spiro atoms. The van der Waals surface area contributed by atoms with Gasteiger partial charge in [0.1, 0.15) is 6.10 Å². The van der Waals surface area contributed by atoms with E-state index in [-0.39, 0.29) is 12.1 Å². The number of carbonyl (C=O) groups excluding carboxylic acids is 1. The van der Waals surface area contributed by atoms with Crippen LogP contribution >= 0.6 is 0 Å². The van der Waals surface area contributed by atoms with Gasteiger partial charge in [0.25, 0.3) is 0 Å². The van der Waals surface area contributed by atoms with E-state index >= 15 is 0 Å². The number of ether oxygens (including phenoxy) is 1. The van der Waals surface area contributed by atoms with Crippen LogP contribution in [0.3, 0.4) is 0 Å². The van der Waals surface area contributed by atoms with Crippen LogP contribution in [0.25, 0.3) is 0 Å². The molecule has 0 aromatic carbocycles. The van der Waals surface area contributed by atoms with Gasteiger partial charge in [0.05, 0.1) is 0 Å². The molecule has 0 aromatic rings. The molecule has 2 heteroatoms. The van der Waals surface area contributed by atoms with Crippen molar-refractivity contribution in [1.82, 2.24) is 0 Å². The number of rotatable bonds is 5. The first-order valence-corrected chi connectivity index (χ1v) is 6.51. The first kappa shape index (κ1) is 13.3. The van der Waals surface area contributed by atoms with E-state index in [0.717, 1.165) is 6.42 Å². The molecule has 2 nitrogen and oxygen atoms in total. The van der Waals surface area contributed by atoms with Gasteiger partial charge in [-0.1, -0.05) is 32.8 Å². The fourth-order valence-electron chi connectivity index (χ4n) is 2.36. The van der Waals surface area contributed by atoms with Gasteiger partial charge >= 0.3 is 5.97 Å². The Labute approximate surface area is 99.1 Å². The molecule has 2 unspecified atom stereocenters. The Hall–Kier alpha value is -0.790. The Morgan fingerprint density at radius 3 is 2.69 bits per heavy atom. The summed E-state index contributed by atoms with van der Waals surface area (Å²) < 4.78 is 5.52. The van der Waals surface area contributed by atoms with E-state index in [9.17, 15) is 4.79 Å². The van der Waals surface area contributed by atoms with Crippen molar-refractivity contribution >= 4 is 5.97 Å². The van der Waals surface area contributed by atoms with Crippen LogP contribution in [-0.4, -0.2) is 12.1 Å². The predicted octanol–water partition coefficient (Wildman–Crippen LogP) is 3.85. The fourth-order valence-corrected chi connectivity index (χ4v) is 2.36. The standard InChI is InChI=1S/C14H24O2/c1-4-5-8-12-9-6-7-10-13(12)16-14(15)11(2)3/h12-13H,2,4-10H2,1,3H3. The Morgan fingerprint density at radius 1 is 1.38 bits per heavy atom. The highest BCUT2D eigenvalue weighted by atomic mass is 16.5. The van der Waals surface area contributed by atoms with Crippen LogP contribution in [0.5, 0.6) is 0 Å². The highest BCUT2D eigenvalue weighted by molar-refractivity contribution is 5.87. The molecule has 2 atom stereocenters. The second-order valence-electron chi connectivity index (χ2n) is 4.91. The lowest BCUT2D eigenvalue weighted by Crippen LogP contribution is -2.30. The third-order valence-electron chi connectivity index (χ3n) is 3.37. The van der Waals surface area contributed by atoms with Crippen molar-refractivity contribution in [3.05, 3.63) is 12.2 Å². The van der Waals surface area contributed by atoms with Crippen molar-refractivity contribution in [2.45, 2.75) is 64.9 Å². The molecule has 16 heavy (non-hydrogen) atoms. The normalized spacial score (nSPS) is 25.1. The summed E-state index contributed by atoms with van der Waals surface area (Å²) in [6.07, 6.45) is 8.53. The predicted molar refractivity (Wildman–Crippen MR) is 66.2 cm³/mol. The summed E-state index contributed by atoms with van der Waals surface area (Å²) in [5.41, 5.74) is 0.514. The maximum Gasteiger partial charge on any atom is 0.333 e. The molecule has 0 amide bonds. The smallest absolute Gasteiger partial charge is 0.333 e. The molecule has 0 aromatic heterocycles. The van der Waals surface area contributed by atoms with E-state index in [1.54, 1.807) is 6.92 Å². The Kier molecular flexibility index (Phi) is 5.58. The Balaban J connectivity index is 2.46. The van der Waals surface area contributed by atoms with E-state index in [1.807, 2.05) is 0 Å². The van der Waals surface area contributed by atoms with Crippen LogP contribution in [0.2, 0.25) is 0 Å². The van der Waals surface area contributed by atoms with Gasteiger partial charge in [-0.15, -0.1) is 0 Å². The van der Waals surface area contributed by atoms with Crippen LogP contribution < -0.4 is 0 Å². The molecule has 92 valence electrons. The van der Waals surface area contributed by atoms with Gasteiger partial charge in [0, 0.05) is 5.57 Å². The van der Waals surface area contributed by atoms with E-state index in [2.05, 4.69) is 13.5 Å². The third kappa shape index (κ3) is 3.99. The van der Waals surface area contributed by atoms with Gasteiger partial charge in [-0.3, -0.25) is 0 Å². The first-order chi connectivity index (χ1) is 7.65. The second-order valence-corrected chi connectivity index (χ2v) is 4.91. The lowest BCUT2D eigenvalue weighted by Gasteiger charge is -2.31. The minimum Gasteiger partial charge on any atom is -0.459 e. The van der Waals surface area contributed by atoms with Crippen molar-refractivity contribution < 1.29 is 9.53 Å². The summed E-state index contributed by atoms with van der Waals surface area (Å²) >= 11 is 0. The van der Waals surface area contributed by atoms with Crippen LogP contribution in [0.1, 0.15) is 58.8 Å². The second kappa shape index (κ2) is 6.72. The molecule has 1 aliphatic rings. The molecule has 1 rings (SSSR count). The lowest BCUT2D eigenvalue weighted by molar-refractivity contribution is -0.148. The van der Waals surface area contributed by atoms with Crippen molar-refractivity contribution in [3.8, 4) is 0 Å². The molecular formula is C14H24O2.